The average Bonchev–Trinajstić information content (AvgIpc) is 2.62. The molecule has 0 aromatic carbocycles. The first kappa shape index (κ1) is 11.4. The van der Waals surface area contributed by atoms with E-state index in [4.69, 9.17) is 0 Å². The lowest BCUT2D eigenvalue weighted by Gasteiger charge is -2.10. The molecule has 0 saturated carbocycles. The molecule has 0 unspecified atom stereocenters. The number of halogens is 1. The van der Waals surface area contributed by atoms with Crippen molar-refractivity contribution in [3.05, 3.63) is 15.0 Å². The summed E-state index contributed by atoms with van der Waals surface area (Å²) in [4.78, 5) is 0. The van der Waals surface area contributed by atoms with Crippen LogP contribution in [0, 0.1) is 17.4 Å². The molecule has 4 nitrogen and oxygen atoms in total. The van der Waals surface area contributed by atoms with E-state index < -0.39 is 9.84 Å². The lowest BCUT2D eigenvalue weighted by molar-refractivity contribution is 0.485. The van der Waals surface area contributed by atoms with E-state index in [0.29, 0.717) is 12.2 Å². The maximum atomic E-state index is 11.4. The summed E-state index contributed by atoms with van der Waals surface area (Å²) in [5, 5.41) is 4.40. The average molecular weight is 340 g/mol. The van der Waals surface area contributed by atoms with Gasteiger partial charge in [0, 0.05) is 5.69 Å². The Morgan fingerprint density at radius 2 is 2.13 bits per heavy atom. The molecule has 1 aliphatic heterocycles. The molecule has 0 aliphatic carbocycles. The predicted molar refractivity (Wildman–Crippen MR) is 66.7 cm³/mol. The summed E-state index contributed by atoms with van der Waals surface area (Å²) in [6, 6.07) is 0.0391. The minimum Gasteiger partial charge on any atom is -0.264 e. The summed E-state index contributed by atoms with van der Waals surface area (Å²) in [6.07, 6.45) is 0.695. The van der Waals surface area contributed by atoms with Gasteiger partial charge in [0.1, 0.15) is 0 Å². The van der Waals surface area contributed by atoms with Crippen molar-refractivity contribution < 1.29 is 8.42 Å². The van der Waals surface area contributed by atoms with E-state index in [2.05, 4.69) is 27.7 Å². The molecule has 1 aromatic rings. The van der Waals surface area contributed by atoms with Gasteiger partial charge in [-0.05, 0) is 42.9 Å². The van der Waals surface area contributed by atoms with Gasteiger partial charge < -0.3 is 0 Å². The van der Waals surface area contributed by atoms with Gasteiger partial charge in [0.15, 0.2) is 9.84 Å². The third-order valence-electron chi connectivity index (χ3n) is 2.79. The highest BCUT2D eigenvalue weighted by molar-refractivity contribution is 14.1. The number of hydrogen-bond donors (Lipinski definition) is 0. The maximum absolute atomic E-state index is 11.4. The lowest BCUT2D eigenvalue weighted by Crippen LogP contribution is -2.13. The zero-order chi connectivity index (χ0) is 11.2. The summed E-state index contributed by atoms with van der Waals surface area (Å²) in [5.41, 5.74) is 2.06. The molecule has 84 valence electrons. The highest BCUT2D eigenvalue weighted by Crippen LogP contribution is 2.27. The second-order valence-electron chi connectivity index (χ2n) is 3.99. The highest BCUT2D eigenvalue weighted by atomic mass is 127. The number of aryl methyl sites for hydroxylation is 1. The SMILES string of the molecule is Cc1nn([C@H]2CCS(=O)(=O)C2)c(C)c1I. The van der Waals surface area contributed by atoms with Crippen molar-refractivity contribution in [1.82, 2.24) is 9.78 Å². The van der Waals surface area contributed by atoms with Gasteiger partial charge in [0.25, 0.3) is 0 Å². The van der Waals surface area contributed by atoms with Crippen LogP contribution in [0.5, 0.6) is 0 Å². The zero-order valence-corrected chi connectivity index (χ0v) is 11.7. The molecule has 0 amide bonds. The van der Waals surface area contributed by atoms with Crippen molar-refractivity contribution in [2.24, 2.45) is 0 Å². The van der Waals surface area contributed by atoms with Gasteiger partial charge in [0.2, 0.25) is 0 Å². The summed E-state index contributed by atoms with van der Waals surface area (Å²) in [6.45, 7) is 3.95. The Balaban J connectivity index is 2.36. The van der Waals surface area contributed by atoms with E-state index >= 15 is 0 Å². The van der Waals surface area contributed by atoms with E-state index in [1.807, 2.05) is 18.5 Å². The van der Waals surface area contributed by atoms with Crippen molar-refractivity contribution in [2.45, 2.75) is 26.3 Å². The Labute approximate surface area is 103 Å². The van der Waals surface area contributed by atoms with Crippen molar-refractivity contribution in [2.75, 3.05) is 11.5 Å². The van der Waals surface area contributed by atoms with Crippen LogP contribution >= 0.6 is 22.6 Å². The van der Waals surface area contributed by atoms with Crippen LogP contribution in [0.3, 0.4) is 0 Å². The van der Waals surface area contributed by atoms with Crippen LogP contribution < -0.4 is 0 Å². The van der Waals surface area contributed by atoms with Gasteiger partial charge in [-0.25, -0.2) is 8.42 Å². The largest absolute Gasteiger partial charge is 0.264 e. The van der Waals surface area contributed by atoms with Gasteiger partial charge in [-0.3, -0.25) is 4.68 Å². The fourth-order valence-corrected chi connectivity index (χ4v) is 4.01. The Morgan fingerprint density at radius 1 is 1.47 bits per heavy atom. The number of nitrogens with zero attached hydrogens (tertiary/aromatic N) is 2. The maximum Gasteiger partial charge on any atom is 0.152 e. The molecule has 0 radical (unpaired) electrons. The molecule has 1 aliphatic rings. The monoisotopic (exact) mass is 340 g/mol. The van der Waals surface area contributed by atoms with Gasteiger partial charge in [-0.2, -0.15) is 5.10 Å². The molecule has 0 spiro atoms. The fourth-order valence-electron chi connectivity index (χ4n) is 1.97. The normalized spacial score (nSPS) is 24.6. The Hall–Kier alpha value is -0.110. The molecule has 2 heterocycles. The van der Waals surface area contributed by atoms with Crippen molar-refractivity contribution in [3.63, 3.8) is 0 Å². The van der Waals surface area contributed by atoms with Gasteiger partial charge in [0.05, 0.1) is 26.8 Å². The first-order chi connectivity index (χ1) is 6.91. The lowest BCUT2D eigenvalue weighted by atomic mass is 10.2. The molecular weight excluding hydrogens is 327 g/mol. The van der Waals surface area contributed by atoms with E-state index in [0.717, 1.165) is 15.0 Å². The summed E-state index contributed by atoms with van der Waals surface area (Å²) in [7, 11) is -2.83. The minimum atomic E-state index is -2.83. The number of hydrogen-bond acceptors (Lipinski definition) is 3. The number of aromatic nitrogens is 2. The second kappa shape index (κ2) is 3.73. The van der Waals surface area contributed by atoms with Gasteiger partial charge >= 0.3 is 0 Å². The molecule has 1 atom stereocenters. The van der Waals surface area contributed by atoms with E-state index in [9.17, 15) is 8.42 Å². The standard InChI is InChI=1S/C9H13IN2O2S/c1-6-9(10)7(2)12(11-6)8-3-4-15(13,14)5-8/h8H,3-5H2,1-2H3/t8-/m0/s1. The summed E-state index contributed by atoms with van der Waals surface area (Å²) >= 11 is 2.25. The summed E-state index contributed by atoms with van der Waals surface area (Å²) < 4.78 is 25.8. The van der Waals surface area contributed by atoms with Gasteiger partial charge in [-0.15, -0.1) is 0 Å². The summed E-state index contributed by atoms with van der Waals surface area (Å²) in [5.74, 6) is 0.539. The third kappa shape index (κ3) is 2.06. The molecule has 1 saturated heterocycles. The number of rotatable bonds is 1. The second-order valence-corrected chi connectivity index (χ2v) is 7.29. The quantitative estimate of drug-likeness (QED) is 0.728. The van der Waals surface area contributed by atoms with E-state index in [1.54, 1.807) is 0 Å². The Bertz CT molecular complexity index is 492. The van der Waals surface area contributed by atoms with Crippen molar-refractivity contribution in [1.29, 1.82) is 0 Å². The van der Waals surface area contributed by atoms with Crippen LogP contribution in [0.1, 0.15) is 23.9 Å². The minimum absolute atomic E-state index is 0.0391. The van der Waals surface area contributed by atoms with Crippen LogP contribution in [0.15, 0.2) is 0 Å². The fraction of sp³-hybridized carbons (Fsp3) is 0.667. The molecular formula is C9H13IN2O2S. The van der Waals surface area contributed by atoms with Crippen LogP contribution in [-0.4, -0.2) is 29.7 Å². The number of sulfone groups is 1. The Morgan fingerprint density at radius 3 is 2.53 bits per heavy atom. The topological polar surface area (TPSA) is 52.0 Å². The van der Waals surface area contributed by atoms with Crippen molar-refractivity contribution in [3.8, 4) is 0 Å². The molecule has 0 bridgehead atoms. The first-order valence-electron chi connectivity index (χ1n) is 4.82. The van der Waals surface area contributed by atoms with E-state index in [-0.39, 0.29) is 11.8 Å². The molecule has 6 heteroatoms. The van der Waals surface area contributed by atoms with Gasteiger partial charge in [-0.1, -0.05) is 0 Å². The smallest absolute Gasteiger partial charge is 0.152 e. The molecule has 0 N–H and O–H groups in total. The molecule has 1 aromatic heterocycles. The van der Waals surface area contributed by atoms with Crippen LogP contribution in [0.25, 0.3) is 0 Å². The van der Waals surface area contributed by atoms with Crippen LogP contribution in [0.2, 0.25) is 0 Å². The first-order valence-corrected chi connectivity index (χ1v) is 7.72. The molecule has 2 rings (SSSR count). The van der Waals surface area contributed by atoms with Crippen LogP contribution in [-0.2, 0) is 9.84 Å². The molecule has 1 fully saturated rings. The van der Waals surface area contributed by atoms with E-state index in [1.165, 1.54) is 0 Å². The zero-order valence-electron chi connectivity index (χ0n) is 8.70. The highest BCUT2D eigenvalue weighted by Gasteiger charge is 2.31. The Kier molecular flexibility index (Phi) is 2.83. The van der Waals surface area contributed by atoms with Crippen LogP contribution in [0.4, 0.5) is 0 Å². The molecule has 15 heavy (non-hydrogen) atoms. The predicted octanol–water partition coefficient (Wildman–Crippen LogP) is 1.46. The van der Waals surface area contributed by atoms with Crippen molar-refractivity contribution >= 4 is 32.4 Å². The third-order valence-corrected chi connectivity index (χ3v) is 6.10.